The molecule has 0 atom stereocenters. The van der Waals surface area contributed by atoms with Crippen molar-refractivity contribution in [2.75, 3.05) is 11.1 Å². The van der Waals surface area contributed by atoms with Gasteiger partial charge in [0.05, 0.1) is 18.5 Å². The Balaban J connectivity index is 1.96. The molecule has 2 rings (SSSR count). The predicted molar refractivity (Wildman–Crippen MR) is 100 cm³/mol. The Labute approximate surface area is 160 Å². The lowest BCUT2D eigenvalue weighted by atomic mass is 10.1. The summed E-state index contributed by atoms with van der Waals surface area (Å²) in [6.07, 6.45) is 0.0636. The molecule has 0 radical (unpaired) electrons. The fourth-order valence-electron chi connectivity index (χ4n) is 2.60. The number of carboxylic acid groups (broad SMARTS) is 1. The number of benzene rings is 1. The Morgan fingerprint density at radius 3 is 2.70 bits per heavy atom. The van der Waals surface area contributed by atoms with E-state index in [4.69, 9.17) is 5.11 Å². The predicted octanol–water partition coefficient (Wildman–Crippen LogP) is 3.78. The molecule has 0 aliphatic carbocycles. The number of nitrogens with one attached hydrogen (secondary N) is 1. The van der Waals surface area contributed by atoms with Crippen LogP contribution in [-0.4, -0.2) is 32.5 Å². The number of nitrogens with zero attached hydrogens (tertiary/aromatic N) is 2. The summed E-state index contributed by atoms with van der Waals surface area (Å²) >= 11 is 1.50. The van der Waals surface area contributed by atoms with Gasteiger partial charge in [-0.2, -0.15) is 25.6 Å². The van der Waals surface area contributed by atoms with Gasteiger partial charge in [-0.1, -0.05) is 12.1 Å². The largest absolute Gasteiger partial charge is 0.481 e. The minimum absolute atomic E-state index is 0.0397. The van der Waals surface area contributed by atoms with Crippen LogP contribution in [0, 0.1) is 13.8 Å². The minimum Gasteiger partial charge on any atom is -0.481 e. The third-order valence-corrected chi connectivity index (χ3v) is 4.97. The van der Waals surface area contributed by atoms with Crippen molar-refractivity contribution in [3.8, 4) is 0 Å². The molecule has 146 valence electrons. The number of thioether (sulfide) groups is 1. The third-order valence-electron chi connectivity index (χ3n) is 3.94. The summed E-state index contributed by atoms with van der Waals surface area (Å²) in [5.74, 6) is 0.00423. The van der Waals surface area contributed by atoms with E-state index in [1.165, 1.54) is 18.7 Å². The Morgan fingerprint density at radius 1 is 1.33 bits per heavy atom. The molecular weight excluding hydrogens is 376 g/mol. The number of halogens is 2. The summed E-state index contributed by atoms with van der Waals surface area (Å²) < 4.78 is 26.4. The van der Waals surface area contributed by atoms with Crippen LogP contribution in [0.15, 0.2) is 24.3 Å². The molecule has 6 nitrogen and oxygen atoms in total. The van der Waals surface area contributed by atoms with E-state index in [2.05, 4.69) is 10.4 Å². The molecule has 0 aliphatic heterocycles. The van der Waals surface area contributed by atoms with Gasteiger partial charge in [-0.15, -0.1) is 0 Å². The van der Waals surface area contributed by atoms with E-state index in [1.54, 1.807) is 19.1 Å². The second-order valence-corrected chi connectivity index (χ2v) is 7.10. The van der Waals surface area contributed by atoms with Gasteiger partial charge in [-0.05, 0) is 31.5 Å². The van der Waals surface area contributed by atoms with Gasteiger partial charge in [0.1, 0.15) is 0 Å². The van der Waals surface area contributed by atoms with E-state index in [1.807, 2.05) is 12.1 Å². The number of carboxylic acids is 1. The van der Waals surface area contributed by atoms with Crippen LogP contribution in [0.1, 0.15) is 35.5 Å². The topological polar surface area (TPSA) is 84.2 Å². The highest BCUT2D eigenvalue weighted by Gasteiger charge is 2.19. The fraction of sp³-hybridized carbons (Fsp3) is 0.389. The molecule has 0 saturated carbocycles. The van der Waals surface area contributed by atoms with Crippen molar-refractivity contribution in [1.82, 2.24) is 9.78 Å². The lowest BCUT2D eigenvalue weighted by molar-refractivity contribution is -0.136. The average molecular weight is 397 g/mol. The highest BCUT2D eigenvalue weighted by Crippen LogP contribution is 2.21. The monoisotopic (exact) mass is 397 g/mol. The van der Waals surface area contributed by atoms with Crippen molar-refractivity contribution >= 4 is 29.3 Å². The van der Waals surface area contributed by atoms with Gasteiger partial charge in [-0.25, -0.2) is 4.68 Å². The number of aryl methyl sites for hydroxylation is 1. The lowest BCUT2D eigenvalue weighted by Crippen LogP contribution is -2.15. The van der Waals surface area contributed by atoms with Crippen LogP contribution in [0.2, 0.25) is 0 Å². The number of rotatable bonds is 9. The molecule has 1 aromatic heterocycles. The number of hydrogen-bond acceptors (Lipinski definition) is 4. The van der Waals surface area contributed by atoms with Crippen LogP contribution in [0.25, 0.3) is 0 Å². The van der Waals surface area contributed by atoms with Crippen molar-refractivity contribution in [2.45, 2.75) is 39.0 Å². The molecule has 1 aromatic carbocycles. The van der Waals surface area contributed by atoms with Gasteiger partial charge in [-0.3, -0.25) is 9.59 Å². The summed E-state index contributed by atoms with van der Waals surface area (Å²) in [7, 11) is 0. The van der Waals surface area contributed by atoms with E-state index >= 15 is 0 Å². The maximum Gasteiger partial charge on any atom is 0.333 e. The molecule has 2 aromatic rings. The minimum atomic E-state index is -2.74. The molecule has 2 N–H and O–H groups in total. The van der Waals surface area contributed by atoms with Gasteiger partial charge < -0.3 is 10.4 Å². The number of aliphatic carboxylic acids is 1. The Morgan fingerprint density at radius 2 is 2.07 bits per heavy atom. The first-order valence-corrected chi connectivity index (χ1v) is 9.44. The molecule has 0 bridgehead atoms. The second-order valence-electron chi connectivity index (χ2n) is 5.99. The zero-order valence-electron chi connectivity index (χ0n) is 15.0. The SMILES string of the molecule is Cc1nn(C(F)F)c(C)c1CC(=O)Nc1cccc(CSCCC(=O)O)c1. The summed E-state index contributed by atoms with van der Waals surface area (Å²) in [5.41, 5.74) is 2.75. The van der Waals surface area contributed by atoms with E-state index < -0.39 is 12.5 Å². The van der Waals surface area contributed by atoms with E-state index in [0.29, 0.717) is 33.1 Å². The quantitative estimate of drug-likeness (QED) is 0.629. The molecule has 0 aliphatic rings. The first-order chi connectivity index (χ1) is 12.8. The van der Waals surface area contributed by atoms with Gasteiger partial charge in [0.15, 0.2) is 0 Å². The van der Waals surface area contributed by atoms with Gasteiger partial charge in [0, 0.05) is 28.5 Å². The maximum absolute atomic E-state index is 12.9. The zero-order valence-corrected chi connectivity index (χ0v) is 15.9. The molecule has 0 spiro atoms. The van der Waals surface area contributed by atoms with Crippen molar-refractivity contribution < 1.29 is 23.5 Å². The van der Waals surface area contributed by atoms with Crippen molar-refractivity contribution in [3.63, 3.8) is 0 Å². The summed E-state index contributed by atoms with van der Waals surface area (Å²) in [6.45, 7) is 0.378. The highest BCUT2D eigenvalue weighted by molar-refractivity contribution is 7.98. The van der Waals surface area contributed by atoms with Crippen molar-refractivity contribution in [1.29, 1.82) is 0 Å². The van der Waals surface area contributed by atoms with E-state index in [0.717, 1.165) is 5.56 Å². The van der Waals surface area contributed by atoms with Gasteiger partial charge in [0.2, 0.25) is 5.91 Å². The molecule has 0 saturated heterocycles. The number of carbonyl (C=O) groups excluding carboxylic acids is 1. The molecular formula is C18H21F2N3O3S. The van der Waals surface area contributed by atoms with Gasteiger partial charge in [0.25, 0.3) is 0 Å². The molecule has 1 amide bonds. The zero-order chi connectivity index (χ0) is 20.0. The summed E-state index contributed by atoms with van der Waals surface area (Å²) in [5, 5.41) is 15.2. The first kappa shape index (κ1) is 20.9. The van der Waals surface area contributed by atoms with Crippen LogP contribution >= 0.6 is 11.8 Å². The third kappa shape index (κ3) is 6.06. The summed E-state index contributed by atoms with van der Waals surface area (Å²) in [6, 6.07) is 7.25. The Kier molecular flexibility index (Phi) is 7.35. The van der Waals surface area contributed by atoms with E-state index in [-0.39, 0.29) is 24.4 Å². The molecule has 9 heteroatoms. The number of anilines is 1. The number of alkyl halides is 2. The fourth-order valence-corrected chi connectivity index (χ4v) is 3.48. The molecule has 0 fully saturated rings. The maximum atomic E-state index is 12.9. The van der Waals surface area contributed by atoms with E-state index in [9.17, 15) is 18.4 Å². The van der Waals surface area contributed by atoms with Gasteiger partial charge >= 0.3 is 12.5 Å². The molecule has 1 heterocycles. The van der Waals surface area contributed by atoms with Crippen molar-refractivity contribution in [3.05, 3.63) is 46.8 Å². The van der Waals surface area contributed by atoms with Crippen molar-refractivity contribution in [2.24, 2.45) is 0 Å². The number of carbonyl (C=O) groups is 2. The lowest BCUT2D eigenvalue weighted by Gasteiger charge is -2.08. The number of amides is 1. The highest BCUT2D eigenvalue weighted by atomic mass is 32.2. The summed E-state index contributed by atoms with van der Waals surface area (Å²) in [4.78, 5) is 22.8. The normalized spacial score (nSPS) is 11.0. The van der Waals surface area contributed by atoms with Crippen LogP contribution in [0.4, 0.5) is 14.5 Å². The second kappa shape index (κ2) is 9.50. The first-order valence-electron chi connectivity index (χ1n) is 8.29. The Hall–Kier alpha value is -2.42. The molecule has 0 unspecified atom stereocenters. The van der Waals surface area contributed by atoms with Crippen LogP contribution < -0.4 is 5.32 Å². The Bertz CT molecular complexity index is 824. The van der Waals surface area contributed by atoms with Crippen LogP contribution in [0.3, 0.4) is 0 Å². The van der Waals surface area contributed by atoms with Crippen LogP contribution in [0.5, 0.6) is 0 Å². The standard InChI is InChI=1S/C18H21F2N3O3S/c1-11-15(12(2)23(22-11)18(19)20)9-16(24)21-14-5-3-4-13(8-14)10-27-7-6-17(25)26/h3-5,8,18H,6-7,9-10H2,1-2H3,(H,21,24)(H,25,26). The number of aromatic nitrogens is 2. The molecule has 27 heavy (non-hydrogen) atoms. The van der Waals surface area contributed by atoms with Crippen LogP contribution in [-0.2, 0) is 21.8 Å². The smallest absolute Gasteiger partial charge is 0.333 e. The average Bonchev–Trinajstić information content (AvgIpc) is 2.87. The number of hydrogen-bond donors (Lipinski definition) is 2.